The third-order valence-electron chi connectivity index (χ3n) is 6.83. The van der Waals surface area contributed by atoms with Crippen LogP contribution in [0.5, 0.6) is 17.2 Å². The number of nitrogens with zero attached hydrogens (tertiary/aromatic N) is 4. The summed E-state index contributed by atoms with van der Waals surface area (Å²) in [6.45, 7) is 8.97. The van der Waals surface area contributed by atoms with Crippen LogP contribution in [0.15, 0.2) is 36.4 Å². The van der Waals surface area contributed by atoms with Gasteiger partial charge in [0.05, 0.1) is 26.8 Å². The van der Waals surface area contributed by atoms with E-state index >= 15 is 0 Å². The fourth-order valence-electron chi connectivity index (χ4n) is 4.35. The minimum atomic E-state index is -0.997. The highest BCUT2D eigenvalue weighted by Crippen LogP contribution is 2.41. The predicted octanol–water partition coefficient (Wildman–Crippen LogP) is 3.76. The highest BCUT2D eigenvalue weighted by molar-refractivity contribution is 5.90. The average molecular weight is 556 g/mol. The molecular weight excluding hydrogens is 514 g/mol. The highest BCUT2D eigenvalue weighted by atomic mass is 16.5. The molecule has 0 aliphatic carbocycles. The molecule has 0 saturated heterocycles. The van der Waals surface area contributed by atoms with E-state index in [0.29, 0.717) is 54.4 Å². The lowest BCUT2D eigenvalue weighted by Gasteiger charge is -2.35. The molecule has 11 heteroatoms. The molecule has 11 nitrogen and oxygen atoms in total. The summed E-state index contributed by atoms with van der Waals surface area (Å²) in [5.74, 6) is 0.538. The maximum atomic E-state index is 14.0. The fourth-order valence-corrected chi connectivity index (χ4v) is 4.35. The molecular formula is C29H41N5O6. The Labute approximate surface area is 235 Å². The zero-order valence-corrected chi connectivity index (χ0v) is 24.5. The van der Waals surface area contributed by atoms with Crippen molar-refractivity contribution in [3.05, 3.63) is 42.0 Å². The maximum absolute atomic E-state index is 14.0. The number of benzene rings is 2. The van der Waals surface area contributed by atoms with Gasteiger partial charge >= 0.3 is 0 Å². The van der Waals surface area contributed by atoms with Crippen LogP contribution in [0, 0.1) is 0 Å². The number of ether oxygens (including phenoxy) is 4. The standard InChI is InChI=1S/C29H41N5O6/c1-8-29(3,4)30-28(36)26(20-17-23(37-5)27(39-7)24(18-20)38-6)33(15-12-16-40-9-2)25(35)19-34-22-14-11-10-13-21(22)31-32-34/h10-11,13-14,17-18,26H,8-9,12,15-16,19H2,1-7H3,(H,30,36)/t26-/m0/s1. The van der Waals surface area contributed by atoms with Crippen LogP contribution in [0.4, 0.5) is 0 Å². The molecule has 1 aromatic heterocycles. The van der Waals surface area contributed by atoms with E-state index in [1.165, 1.54) is 21.3 Å². The van der Waals surface area contributed by atoms with Gasteiger partial charge in [0.2, 0.25) is 17.6 Å². The normalized spacial score (nSPS) is 12.2. The summed E-state index contributed by atoms with van der Waals surface area (Å²) in [6.07, 6.45) is 1.23. The second kappa shape index (κ2) is 14.0. The number of carbonyl (C=O) groups excluding carboxylic acids is 2. The Morgan fingerprint density at radius 1 is 1.05 bits per heavy atom. The molecule has 40 heavy (non-hydrogen) atoms. The number of hydrogen-bond acceptors (Lipinski definition) is 8. The molecule has 3 rings (SSSR count). The number of fused-ring (bicyclic) bond motifs is 1. The van der Waals surface area contributed by atoms with Crippen LogP contribution in [-0.2, 0) is 20.9 Å². The Morgan fingerprint density at radius 3 is 2.33 bits per heavy atom. The summed E-state index contributed by atoms with van der Waals surface area (Å²) in [5, 5.41) is 11.5. The Morgan fingerprint density at radius 2 is 1.73 bits per heavy atom. The van der Waals surface area contributed by atoms with Crippen molar-refractivity contribution >= 4 is 22.8 Å². The summed E-state index contributed by atoms with van der Waals surface area (Å²) in [4.78, 5) is 29.6. The third-order valence-corrected chi connectivity index (χ3v) is 6.83. The number of carbonyl (C=O) groups is 2. The number of nitrogens with one attached hydrogen (secondary N) is 1. The Kier molecular flexibility index (Phi) is 10.7. The molecule has 0 aliphatic rings. The molecule has 1 N–H and O–H groups in total. The van der Waals surface area contributed by atoms with E-state index < -0.39 is 11.6 Å². The summed E-state index contributed by atoms with van der Waals surface area (Å²) < 4.78 is 23.7. The van der Waals surface area contributed by atoms with Gasteiger partial charge in [-0.2, -0.15) is 0 Å². The Bertz CT molecular complexity index is 1270. The van der Waals surface area contributed by atoms with Crippen molar-refractivity contribution in [2.24, 2.45) is 0 Å². The molecule has 1 heterocycles. The fraction of sp³-hybridized carbons (Fsp3) is 0.517. The van der Waals surface area contributed by atoms with Crippen LogP contribution in [0.2, 0.25) is 0 Å². The van der Waals surface area contributed by atoms with Gasteiger partial charge < -0.3 is 29.2 Å². The lowest BCUT2D eigenvalue weighted by atomic mass is 9.98. The highest BCUT2D eigenvalue weighted by Gasteiger charge is 2.35. The lowest BCUT2D eigenvalue weighted by Crippen LogP contribution is -2.51. The van der Waals surface area contributed by atoms with Crippen LogP contribution in [0.25, 0.3) is 11.0 Å². The molecule has 1 atom stereocenters. The molecule has 218 valence electrons. The second-order valence-electron chi connectivity index (χ2n) is 9.96. The molecule has 2 aromatic carbocycles. The van der Waals surface area contributed by atoms with Gasteiger partial charge in [-0.1, -0.05) is 24.3 Å². The van der Waals surface area contributed by atoms with E-state index in [0.717, 1.165) is 5.52 Å². The minimum absolute atomic E-state index is 0.0967. The van der Waals surface area contributed by atoms with E-state index in [2.05, 4.69) is 15.6 Å². The van der Waals surface area contributed by atoms with Crippen molar-refractivity contribution < 1.29 is 28.5 Å². The molecule has 0 radical (unpaired) electrons. The van der Waals surface area contributed by atoms with Crippen LogP contribution in [0.3, 0.4) is 0 Å². The number of rotatable bonds is 15. The summed E-state index contributed by atoms with van der Waals surface area (Å²) in [5.41, 5.74) is 1.43. The smallest absolute Gasteiger partial charge is 0.247 e. The minimum Gasteiger partial charge on any atom is -0.493 e. The van der Waals surface area contributed by atoms with Gasteiger partial charge in [-0.15, -0.1) is 5.10 Å². The zero-order chi connectivity index (χ0) is 29.3. The second-order valence-corrected chi connectivity index (χ2v) is 9.96. The first-order valence-corrected chi connectivity index (χ1v) is 13.5. The number of para-hydroxylation sites is 1. The predicted molar refractivity (Wildman–Crippen MR) is 152 cm³/mol. The average Bonchev–Trinajstić information content (AvgIpc) is 3.36. The molecule has 2 amide bonds. The van der Waals surface area contributed by atoms with Crippen molar-refractivity contribution in [1.82, 2.24) is 25.2 Å². The Balaban J connectivity index is 2.11. The molecule has 0 aliphatic heterocycles. The zero-order valence-electron chi connectivity index (χ0n) is 24.5. The number of aromatic nitrogens is 3. The first-order valence-electron chi connectivity index (χ1n) is 13.5. The molecule has 0 bridgehead atoms. The van der Waals surface area contributed by atoms with Gasteiger partial charge in [0.15, 0.2) is 11.5 Å². The van der Waals surface area contributed by atoms with Gasteiger partial charge in [0.1, 0.15) is 18.1 Å². The van der Waals surface area contributed by atoms with Gasteiger partial charge in [-0.05, 0) is 63.4 Å². The van der Waals surface area contributed by atoms with Crippen molar-refractivity contribution in [1.29, 1.82) is 0 Å². The van der Waals surface area contributed by atoms with E-state index in [-0.39, 0.29) is 24.9 Å². The topological polar surface area (TPSA) is 117 Å². The molecule has 0 saturated carbocycles. The molecule has 0 fully saturated rings. The molecule has 0 spiro atoms. The SMILES string of the molecule is CCOCCCN(C(=O)Cn1nnc2ccccc21)[C@H](C(=O)NC(C)(C)CC)c1cc(OC)c(OC)c(OC)c1. The lowest BCUT2D eigenvalue weighted by molar-refractivity contribution is -0.142. The van der Waals surface area contributed by atoms with Gasteiger partial charge in [-0.25, -0.2) is 4.68 Å². The first-order chi connectivity index (χ1) is 19.2. The number of hydrogen-bond donors (Lipinski definition) is 1. The van der Waals surface area contributed by atoms with Crippen molar-refractivity contribution in [2.45, 2.75) is 58.7 Å². The number of amides is 2. The Hall–Kier alpha value is -3.86. The van der Waals surface area contributed by atoms with E-state index in [1.807, 2.05) is 52.0 Å². The quantitative estimate of drug-likeness (QED) is 0.282. The monoisotopic (exact) mass is 555 g/mol. The van der Waals surface area contributed by atoms with Gasteiger partial charge in [0.25, 0.3) is 0 Å². The molecule has 0 unspecified atom stereocenters. The molecule has 3 aromatic rings. The van der Waals surface area contributed by atoms with Crippen molar-refractivity contribution in [3.8, 4) is 17.2 Å². The summed E-state index contributed by atoms with van der Waals surface area (Å²) >= 11 is 0. The van der Waals surface area contributed by atoms with E-state index in [4.69, 9.17) is 18.9 Å². The van der Waals surface area contributed by atoms with Gasteiger partial charge in [-0.3, -0.25) is 9.59 Å². The van der Waals surface area contributed by atoms with Crippen LogP contribution in [-0.4, -0.2) is 78.3 Å². The summed E-state index contributed by atoms with van der Waals surface area (Å²) in [6, 6.07) is 9.84. The van der Waals surface area contributed by atoms with E-state index in [9.17, 15) is 9.59 Å². The van der Waals surface area contributed by atoms with Crippen LogP contribution in [0.1, 0.15) is 52.1 Å². The van der Waals surface area contributed by atoms with E-state index in [1.54, 1.807) is 21.7 Å². The van der Waals surface area contributed by atoms with Gasteiger partial charge in [0, 0.05) is 25.3 Å². The largest absolute Gasteiger partial charge is 0.493 e. The van der Waals surface area contributed by atoms with Crippen LogP contribution < -0.4 is 19.5 Å². The summed E-state index contributed by atoms with van der Waals surface area (Å²) in [7, 11) is 4.54. The van der Waals surface area contributed by atoms with Crippen molar-refractivity contribution in [2.75, 3.05) is 41.1 Å². The van der Waals surface area contributed by atoms with Crippen molar-refractivity contribution in [3.63, 3.8) is 0 Å². The maximum Gasteiger partial charge on any atom is 0.247 e. The number of methoxy groups -OCH3 is 3. The third kappa shape index (κ3) is 7.20. The first kappa shape index (κ1) is 30.7. The van der Waals surface area contributed by atoms with Crippen LogP contribution >= 0.6 is 0 Å².